The first kappa shape index (κ1) is 29.5. The number of hydrazine groups is 1. The predicted octanol–water partition coefficient (Wildman–Crippen LogP) is 3.51. The van der Waals surface area contributed by atoms with Crippen molar-refractivity contribution in [3.05, 3.63) is 82.7 Å². The summed E-state index contributed by atoms with van der Waals surface area (Å²) in [5.74, 6) is -0.494. The molecule has 0 aliphatic carbocycles. The Kier molecular flexibility index (Phi) is 8.43. The molecule has 2 aliphatic heterocycles. The molecule has 0 atom stereocenters. The van der Waals surface area contributed by atoms with Crippen LogP contribution in [0.3, 0.4) is 0 Å². The van der Waals surface area contributed by atoms with Gasteiger partial charge in [-0.3, -0.25) is 19.8 Å². The number of aromatic amines is 1. The Morgan fingerprint density at radius 2 is 1.84 bits per heavy atom. The molecule has 2 aromatic carbocycles. The summed E-state index contributed by atoms with van der Waals surface area (Å²) in [6.45, 7) is 4.39. The van der Waals surface area contributed by atoms with Gasteiger partial charge in [0.05, 0.1) is 21.6 Å². The molecule has 0 spiro atoms. The van der Waals surface area contributed by atoms with Crippen molar-refractivity contribution in [2.24, 2.45) is 0 Å². The first-order valence-corrected chi connectivity index (χ1v) is 15.6. The fourth-order valence-corrected chi connectivity index (χ4v) is 6.41. The number of aromatic nitrogens is 2. The van der Waals surface area contributed by atoms with E-state index in [2.05, 4.69) is 20.3 Å². The highest BCUT2D eigenvalue weighted by Gasteiger charge is 2.28. The summed E-state index contributed by atoms with van der Waals surface area (Å²) in [4.78, 5) is 33.7. The second-order valence-corrected chi connectivity index (χ2v) is 12.2. The Labute approximate surface area is 253 Å². The van der Waals surface area contributed by atoms with Gasteiger partial charge in [-0.15, -0.1) is 0 Å². The van der Waals surface area contributed by atoms with Gasteiger partial charge in [0, 0.05) is 63.1 Å². The van der Waals surface area contributed by atoms with Crippen LogP contribution in [0.4, 0.5) is 11.4 Å². The van der Waals surface area contributed by atoms with E-state index in [-0.39, 0.29) is 17.0 Å². The SMILES string of the molecule is O=C(NS(=O)(=O)c1ccc(NN2CCN(C3CCOCC3)CC2)c([N+](=O)[O-])c1)c1ccccc1Oc1cnc2[nH]ccc2c1. The number of H-pyrrole nitrogens is 1. The molecule has 3 N–H and O–H groups in total. The van der Waals surface area contributed by atoms with E-state index >= 15 is 0 Å². The summed E-state index contributed by atoms with van der Waals surface area (Å²) in [5, 5.41) is 14.6. The molecule has 15 heteroatoms. The second-order valence-electron chi connectivity index (χ2n) is 10.5. The number of nitrogens with zero attached hydrogens (tertiary/aromatic N) is 4. The molecule has 0 unspecified atom stereocenters. The van der Waals surface area contributed by atoms with E-state index in [0.717, 1.165) is 50.6 Å². The Balaban J connectivity index is 1.14. The molecule has 2 fully saturated rings. The molecule has 0 bridgehead atoms. The van der Waals surface area contributed by atoms with Crippen molar-refractivity contribution in [2.75, 3.05) is 44.8 Å². The summed E-state index contributed by atoms with van der Waals surface area (Å²) in [6.07, 6.45) is 5.19. The number of para-hydroxylation sites is 1. The number of hydrogen-bond donors (Lipinski definition) is 3. The van der Waals surface area contributed by atoms with Gasteiger partial charge in [0.25, 0.3) is 21.6 Å². The third-order valence-electron chi connectivity index (χ3n) is 7.74. The lowest BCUT2D eigenvalue weighted by molar-refractivity contribution is -0.384. The van der Waals surface area contributed by atoms with Crippen LogP contribution in [0.15, 0.2) is 71.9 Å². The lowest BCUT2D eigenvalue weighted by Gasteiger charge is -2.40. The molecule has 4 heterocycles. The Hall–Kier alpha value is -4.57. The number of rotatable bonds is 9. The number of hydrogen-bond acceptors (Lipinski definition) is 11. The van der Waals surface area contributed by atoms with Crippen LogP contribution in [0.1, 0.15) is 23.2 Å². The summed E-state index contributed by atoms with van der Waals surface area (Å²) in [6, 6.07) is 13.7. The smallest absolute Gasteiger partial charge is 0.295 e. The van der Waals surface area contributed by atoms with Gasteiger partial charge in [-0.05, 0) is 49.2 Å². The Morgan fingerprint density at radius 3 is 2.61 bits per heavy atom. The number of benzene rings is 2. The van der Waals surface area contributed by atoms with Gasteiger partial charge in [-0.25, -0.2) is 23.1 Å². The zero-order valence-corrected chi connectivity index (χ0v) is 24.5. The van der Waals surface area contributed by atoms with Gasteiger partial charge in [0.2, 0.25) is 0 Å². The van der Waals surface area contributed by atoms with Crippen LogP contribution in [-0.4, -0.2) is 84.6 Å². The zero-order valence-electron chi connectivity index (χ0n) is 23.6. The molecule has 230 valence electrons. The highest BCUT2D eigenvalue weighted by Crippen LogP contribution is 2.30. The van der Waals surface area contributed by atoms with Gasteiger partial charge in [0.15, 0.2) is 0 Å². The first-order valence-electron chi connectivity index (χ1n) is 14.2. The first-order chi connectivity index (χ1) is 21.3. The molecule has 2 aliphatic rings. The van der Waals surface area contributed by atoms with Gasteiger partial charge in [0.1, 0.15) is 22.8 Å². The minimum absolute atomic E-state index is 0.0436. The van der Waals surface area contributed by atoms with Crippen LogP contribution in [0.2, 0.25) is 0 Å². The number of sulfonamides is 1. The highest BCUT2D eigenvalue weighted by molar-refractivity contribution is 7.90. The van der Waals surface area contributed by atoms with Crippen LogP contribution < -0.4 is 14.9 Å². The Morgan fingerprint density at radius 1 is 1.07 bits per heavy atom. The van der Waals surface area contributed by atoms with Crippen LogP contribution in [0, 0.1) is 10.1 Å². The van der Waals surface area contributed by atoms with E-state index in [1.165, 1.54) is 30.5 Å². The van der Waals surface area contributed by atoms with Crippen molar-refractivity contribution < 1.29 is 27.6 Å². The molecule has 0 saturated carbocycles. The molecule has 14 nitrogen and oxygen atoms in total. The van der Waals surface area contributed by atoms with E-state index in [1.807, 2.05) is 15.8 Å². The average Bonchev–Trinajstić information content (AvgIpc) is 3.50. The normalized spacial score (nSPS) is 16.9. The number of ether oxygens (including phenoxy) is 2. The maximum absolute atomic E-state index is 13.2. The molecule has 2 aromatic heterocycles. The van der Waals surface area contributed by atoms with E-state index in [9.17, 15) is 23.3 Å². The largest absolute Gasteiger partial charge is 0.455 e. The molecule has 4 aromatic rings. The number of carbonyl (C=O) groups is 1. The van der Waals surface area contributed by atoms with Crippen molar-refractivity contribution in [3.63, 3.8) is 0 Å². The third kappa shape index (κ3) is 6.50. The number of nitro groups is 1. The van der Waals surface area contributed by atoms with E-state index < -0.39 is 31.4 Å². The molecular weight excluding hydrogens is 590 g/mol. The molecule has 0 radical (unpaired) electrons. The number of anilines is 1. The van der Waals surface area contributed by atoms with Gasteiger partial charge in [-0.1, -0.05) is 12.1 Å². The Bertz CT molecular complexity index is 1780. The summed E-state index contributed by atoms with van der Waals surface area (Å²) < 4.78 is 39.7. The number of nitrogens with one attached hydrogen (secondary N) is 3. The fraction of sp³-hybridized carbons (Fsp3) is 0.310. The minimum atomic E-state index is -4.48. The van der Waals surface area contributed by atoms with Gasteiger partial charge < -0.3 is 19.9 Å². The maximum Gasteiger partial charge on any atom is 0.295 e. The van der Waals surface area contributed by atoms with Crippen molar-refractivity contribution in [2.45, 2.75) is 23.8 Å². The van der Waals surface area contributed by atoms with Crippen LogP contribution in [0.5, 0.6) is 11.5 Å². The van der Waals surface area contributed by atoms with Crippen molar-refractivity contribution in [1.82, 2.24) is 24.6 Å². The summed E-state index contributed by atoms with van der Waals surface area (Å²) >= 11 is 0. The summed E-state index contributed by atoms with van der Waals surface area (Å²) in [7, 11) is -4.48. The number of piperazine rings is 1. The topological polar surface area (TPSA) is 172 Å². The van der Waals surface area contributed by atoms with Crippen LogP contribution in [-0.2, 0) is 14.8 Å². The van der Waals surface area contributed by atoms with Crippen LogP contribution in [0.25, 0.3) is 11.0 Å². The molecular formula is C29H31N7O7S. The zero-order chi connectivity index (χ0) is 30.7. The fourth-order valence-electron chi connectivity index (χ4n) is 5.43. The van der Waals surface area contributed by atoms with Gasteiger partial charge >= 0.3 is 0 Å². The number of amides is 1. The highest BCUT2D eigenvalue weighted by atomic mass is 32.2. The minimum Gasteiger partial charge on any atom is -0.455 e. The quantitative estimate of drug-likeness (QED) is 0.184. The van der Waals surface area contributed by atoms with E-state index in [1.54, 1.807) is 24.4 Å². The lowest BCUT2D eigenvalue weighted by atomic mass is 10.1. The average molecular weight is 622 g/mol. The molecule has 44 heavy (non-hydrogen) atoms. The van der Waals surface area contributed by atoms with Crippen LogP contribution >= 0.6 is 0 Å². The van der Waals surface area contributed by atoms with Gasteiger partial charge in [-0.2, -0.15) is 0 Å². The maximum atomic E-state index is 13.2. The van der Waals surface area contributed by atoms with Crippen molar-refractivity contribution in [3.8, 4) is 11.5 Å². The number of fused-ring (bicyclic) bond motifs is 1. The molecule has 1 amide bonds. The van der Waals surface area contributed by atoms with E-state index in [4.69, 9.17) is 9.47 Å². The third-order valence-corrected chi connectivity index (χ3v) is 9.07. The number of nitro benzene ring substituents is 1. The second kappa shape index (κ2) is 12.6. The number of carbonyl (C=O) groups excluding carboxylic acids is 1. The predicted molar refractivity (Wildman–Crippen MR) is 161 cm³/mol. The van der Waals surface area contributed by atoms with E-state index in [0.29, 0.717) is 30.5 Å². The lowest BCUT2D eigenvalue weighted by Crippen LogP contribution is -2.53. The molecule has 2 saturated heterocycles. The molecule has 6 rings (SSSR count). The van der Waals surface area contributed by atoms with Crippen molar-refractivity contribution in [1.29, 1.82) is 0 Å². The van der Waals surface area contributed by atoms with Crippen molar-refractivity contribution >= 4 is 38.3 Å². The standard InChI is InChI=1S/C29H31N7O7S/c37-29(24-3-1-2-4-27(24)43-22-17-20-7-10-30-28(20)31-19-22)33-44(40,41)23-5-6-25(26(18-23)36(38)39)32-35-13-11-34(12-14-35)21-8-15-42-16-9-21/h1-7,10,17-19,21,32H,8-9,11-16H2,(H,30,31)(H,33,37). The number of pyridine rings is 1. The summed E-state index contributed by atoms with van der Waals surface area (Å²) in [5.41, 5.74) is 3.43. The monoisotopic (exact) mass is 621 g/mol.